The van der Waals surface area contributed by atoms with Crippen LogP contribution in [-0.2, 0) is 4.79 Å². The summed E-state index contributed by atoms with van der Waals surface area (Å²) in [6, 6.07) is 0. The Labute approximate surface area is 192 Å². The smallest absolute Gasteiger partial charge is 0.133 e. The fourth-order valence-corrected chi connectivity index (χ4v) is 9.79. The van der Waals surface area contributed by atoms with Crippen molar-refractivity contribution in [3.8, 4) is 0 Å². The van der Waals surface area contributed by atoms with Crippen LogP contribution in [0.2, 0.25) is 0 Å². The summed E-state index contributed by atoms with van der Waals surface area (Å²) >= 11 is 0. The van der Waals surface area contributed by atoms with Gasteiger partial charge in [-0.05, 0) is 111 Å². The third-order valence-electron chi connectivity index (χ3n) is 11.6. The Morgan fingerprint density at radius 2 is 1.71 bits per heavy atom. The quantitative estimate of drug-likeness (QED) is 0.460. The van der Waals surface area contributed by atoms with Crippen LogP contribution in [0.1, 0.15) is 112 Å². The van der Waals surface area contributed by atoms with Crippen LogP contribution in [-0.4, -0.2) is 17.5 Å². The maximum absolute atomic E-state index is 13.0. The fraction of sp³-hybridized carbons (Fsp3) is 0.966. The lowest BCUT2D eigenvalue weighted by molar-refractivity contribution is -0.156. The van der Waals surface area contributed by atoms with Crippen LogP contribution in [0.3, 0.4) is 0 Å². The van der Waals surface area contributed by atoms with Crippen LogP contribution in [0.25, 0.3) is 0 Å². The molecule has 10 atom stereocenters. The van der Waals surface area contributed by atoms with E-state index in [1.807, 2.05) is 6.92 Å². The van der Waals surface area contributed by atoms with Gasteiger partial charge in [0.25, 0.3) is 0 Å². The van der Waals surface area contributed by atoms with Crippen LogP contribution < -0.4 is 0 Å². The number of ketones is 1. The molecule has 0 spiro atoms. The fourth-order valence-electron chi connectivity index (χ4n) is 9.79. The molecule has 0 saturated heterocycles. The largest absolute Gasteiger partial charge is 0.396 e. The number of fused-ring (bicyclic) bond motifs is 5. The number of hydrogen-bond donors (Lipinski definition) is 1. The molecule has 0 radical (unpaired) electrons. The summed E-state index contributed by atoms with van der Waals surface area (Å²) in [5, 5.41) is 9.36. The first-order chi connectivity index (χ1) is 14.7. The minimum Gasteiger partial charge on any atom is -0.396 e. The first-order valence-electron chi connectivity index (χ1n) is 13.8. The van der Waals surface area contributed by atoms with Crippen LogP contribution in [0.4, 0.5) is 0 Å². The van der Waals surface area contributed by atoms with Gasteiger partial charge in [0.1, 0.15) is 5.78 Å². The Morgan fingerprint density at radius 1 is 0.968 bits per heavy atom. The molecule has 0 amide bonds. The topological polar surface area (TPSA) is 37.3 Å². The Morgan fingerprint density at radius 3 is 2.42 bits per heavy atom. The number of carbonyl (C=O) groups is 1. The van der Waals surface area contributed by atoms with Gasteiger partial charge in [-0.2, -0.15) is 0 Å². The SMILES string of the molecule is CC(=O)C1CC2CCCC[C@]2(C)[C@H]2CC[C@]3(C)[C@@H]([C@H](C)CCCC(C)CO)CC[C@H]3[C@H]12. The summed E-state index contributed by atoms with van der Waals surface area (Å²) in [6.07, 6.45) is 16.0. The van der Waals surface area contributed by atoms with E-state index in [-0.39, 0.29) is 0 Å². The van der Waals surface area contributed by atoms with E-state index in [1.54, 1.807) is 0 Å². The van der Waals surface area contributed by atoms with Crippen molar-refractivity contribution >= 4 is 5.78 Å². The van der Waals surface area contributed by atoms with E-state index in [9.17, 15) is 9.90 Å². The van der Waals surface area contributed by atoms with Gasteiger partial charge in [-0.15, -0.1) is 0 Å². The van der Waals surface area contributed by atoms with E-state index in [4.69, 9.17) is 0 Å². The van der Waals surface area contributed by atoms with Gasteiger partial charge >= 0.3 is 0 Å². The summed E-state index contributed by atoms with van der Waals surface area (Å²) in [5.41, 5.74) is 0.940. The molecule has 2 heteroatoms. The third-order valence-corrected chi connectivity index (χ3v) is 11.6. The molecule has 4 aliphatic rings. The van der Waals surface area contributed by atoms with Crippen molar-refractivity contribution in [1.29, 1.82) is 0 Å². The predicted molar refractivity (Wildman–Crippen MR) is 129 cm³/mol. The molecule has 4 rings (SSSR count). The average Bonchev–Trinajstić information content (AvgIpc) is 3.09. The highest BCUT2D eigenvalue weighted by Crippen LogP contribution is 2.69. The lowest BCUT2D eigenvalue weighted by atomic mass is 9.42. The van der Waals surface area contributed by atoms with Gasteiger partial charge in [0.2, 0.25) is 0 Å². The zero-order valence-electron chi connectivity index (χ0n) is 21.2. The molecule has 0 aromatic rings. The van der Waals surface area contributed by atoms with E-state index < -0.39 is 0 Å². The Balaban J connectivity index is 1.53. The zero-order chi connectivity index (χ0) is 22.4. The van der Waals surface area contributed by atoms with Crippen molar-refractivity contribution in [2.75, 3.05) is 6.61 Å². The maximum Gasteiger partial charge on any atom is 0.133 e. The van der Waals surface area contributed by atoms with Crippen LogP contribution >= 0.6 is 0 Å². The van der Waals surface area contributed by atoms with Crippen molar-refractivity contribution in [3.63, 3.8) is 0 Å². The second-order valence-electron chi connectivity index (χ2n) is 13.1. The van der Waals surface area contributed by atoms with E-state index >= 15 is 0 Å². The normalized spacial score (nSPS) is 46.5. The van der Waals surface area contributed by atoms with Crippen molar-refractivity contribution in [3.05, 3.63) is 0 Å². The maximum atomic E-state index is 13.0. The highest BCUT2D eigenvalue weighted by atomic mass is 16.3. The van der Waals surface area contributed by atoms with Gasteiger partial charge in [-0.3, -0.25) is 4.79 Å². The average molecular weight is 431 g/mol. The van der Waals surface area contributed by atoms with E-state index in [0.29, 0.717) is 41.0 Å². The lowest BCUT2D eigenvalue weighted by Gasteiger charge is -2.62. The van der Waals surface area contributed by atoms with Crippen molar-refractivity contribution in [2.45, 2.75) is 112 Å². The summed E-state index contributed by atoms with van der Waals surface area (Å²) < 4.78 is 0. The first kappa shape index (κ1) is 23.8. The summed E-state index contributed by atoms with van der Waals surface area (Å²) in [4.78, 5) is 13.0. The molecule has 0 aliphatic heterocycles. The Kier molecular flexibility index (Phi) is 6.99. The number of rotatable bonds is 7. The molecule has 31 heavy (non-hydrogen) atoms. The minimum atomic E-state index is 0.326. The zero-order valence-corrected chi connectivity index (χ0v) is 21.2. The number of aliphatic hydroxyl groups excluding tert-OH is 1. The molecule has 4 saturated carbocycles. The van der Waals surface area contributed by atoms with Crippen molar-refractivity contribution in [2.24, 2.45) is 58.2 Å². The monoisotopic (exact) mass is 430 g/mol. The second kappa shape index (κ2) is 9.11. The third kappa shape index (κ3) is 4.06. The highest BCUT2D eigenvalue weighted by molar-refractivity contribution is 5.79. The van der Waals surface area contributed by atoms with Gasteiger partial charge in [0.05, 0.1) is 0 Å². The summed E-state index contributed by atoms with van der Waals surface area (Å²) in [5.74, 6) is 5.89. The summed E-state index contributed by atoms with van der Waals surface area (Å²) in [6.45, 7) is 12.2. The first-order valence-corrected chi connectivity index (χ1v) is 13.8. The Bertz CT molecular complexity index is 643. The Hall–Kier alpha value is -0.370. The molecule has 0 aromatic carbocycles. The molecule has 1 N–H and O–H groups in total. The predicted octanol–water partition coefficient (Wildman–Crippen LogP) is 7.29. The second-order valence-corrected chi connectivity index (χ2v) is 13.1. The molecule has 2 nitrogen and oxygen atoms in total. The van der Waals surface area contributed by atoms with Crippen LogP contribution in [0.5, 0.6) is 0 Å². The van der Waals surface area contributed by atoms with E-state index in [2.05, 4.69) is 27.7 Å². The minimum absolute atomic E-state index is 0.326. The van der Waals surface area contributed by atoms with Crippen LogP contribution in [0.15, 0.2) is 0 Å². The van der Waals surface area contributed by atoms with Crippen molar-refractivity contribution < 1.29 is 9.90 Å². The number of Topliss-reactive ketones (excluding diaryl/α,β-unsaturated/α-hetero) is 1. The van der Waals surface area contributed by atoms with Gasteiger partial charge in [0.15, 0.2) is 0 Å². The number of hydrogen-bond acceptors (Lipinski definition) is 2. The molecular weight excluding hydrogens is 380 g/mol. The molecule has 4 aliphatic carbocycles. The van der Waals surface area contributed by atoms with Gasteiger partial charge in [-0.1, -0.05) is 53.4 Å². The van der Waals surface area contributed by atoms with Crippen LogP contribution in [0, 0.1) is 58.2 Å². The van der Waals surface area contributed by atoms with Gasteiger partial charge in [0, 0.05) is 12.5 Å². The molecular formula is C29H50O2. The molecule has 0 aromatic heterocycles. The van der Waals surface area contributed by atoms with E-state index in [1.165, 1.54) is 70.6 Å². The van der Waals surface area contributed by atoms with E-state index in [0.717, 1.165) is 36.0 Å². The number of aliphatic hydroxyl groups is 1. The number of carbonyl (C=O) groups excluding carboxylic acids is 1. The molecule has 0 heterocycles. The van der Waals surface area contributed by atoms with Gasteiger partial charge < -0.3 is 5.11 Å². The molecule has 4 fully saturated rings. The molecule has 0 bridgehead atoms. The molecule has 3 unspecified atom stereocenters. The highest BCUT2D eigenvalue weighted by Gasteiger charge is 2.63. The van der Waals surface area contributed by atoms with Crippen molar-refractivity contribution in [1.82, 2.24) is 0 Å². The standard InChI is InChI=1S/C29H50O2/c1-19(18-30)9-8-10-20(2)24-12-13-25-27-23(21(3)31)17-22-11-6-7-15-28(22,4)26(27)14-16-29(24,25)5/h19-20,22-27,30H,6-18H2,1-5H3/t19?,20-,22?,23?,24-,25+,26+,27+,28+,29-/m1/s1. The summed E-state index contributed by atoms with van der Waals surface area (Å²) in [7, 11) is 0. The van der Waals surface area contributed by atoms with Gasteiger partial charge in [-0.25, -0.2) is 0 Å². The molecule has 178 valence electrons. The lowest BCUT2D eigenvalue weighted by Crippen LogP contribution is -2.57.